The van der Waals surface area contributed by atoms with Crippen molar-refractivity contribution < 1.29 is 34.0 Å². The molecule has 1 aromatic rings. The molecule has 2 aliphatic heterocycles. The van der Waals surface area contributed by atoms with Crippen molar-refractivity contribution in [3.8, 4) is 11.5 Å². The third-order valence-electron chi connectivity index (χ3n) is 3.55. The number of aliphatic hydroxyl groups excluding tert-OH is 2. The highest BCUT2D eigenvalue weighted by atomic mass is 16.5. The topological polar surface area (TPSA) is 94.5 Å². The molecule has 0 saturated heterocycles. The standard InChI is InChI=1S/C15H20O5.C4H4O2/c1-2-18-14-10-20-13-6-5-11(9-12(13)15(14)17)19-8-4-3-7-16;5-4-2-1-3-6-4/h5-6,9,16-17H,2-4,7-8,10H2,1H3;1,3H,2H2. The third-order valence-corrected chi connectivity index (χ3v) is 3.55. The van der Waals surface area contributed by atoms with Crippen LogP contribution in [-0.2, 0) is 14.3 Å². The van der Waals surface area contributed by atoms with Crippen LogP contribution in [0.2, 0.25) is 0 Å². The summed E-state index contributed by atoms with van der Waals surface area (Å²) in [5.41, 5.74) is 0.583. The Bertz CT molecular complexity index is 654. The lowest BCUT2D eigenvalue weighted by Gasteiger charge is -2.21. The van der Waals surface area contributed by atoms with Crippen molar-refractivity contribution >= 4 is 11.7 Å². The molecule has 2 heterocycles. The number of aliphatic hydroxyl groups is 2. The van der Waals surface area contributed by atoms with Gasteiger partial charge in [-0.25, -0.2) is 0 Å². The second-order valence-corrected chi connectivity index (χ2v) is 5.50. The molecule has 0 aliphatic carbocycles. The van der Waals surface area contributed by atoms with Crippen LogP contribution in [0, 0.1) is 0 Å². The average molecular weight is 364 g/mol. The number of ether oxygens (including phenoxy) is 4. The van der Waals surface area contributed by atoms with Crippen LogP contribution >= 0.6 is 0 Å². The van der Waals surface area contributed by atoms with Crippen molar-refractivity contribution in [3.05, 3.63) is 41.9 Å². The molecule has 0 spiro atoms. The minimum Gasteiger partial charge on any atom is -0.504 e. The fourth-order valence-electron chi connectivity index (χ4n) is 2.28. The van der Waals surface area contributed by atoms with E-state index in [4.69, 9.17) is 19.3 Å². The highest BCUT2D eigenvalue weighted by Crippen LogP contribution is 2.34. The van der Waals surface area contributed by atoms with E-state index in [1.807, 2.05) is 6.92 Å². The first-order valence-electron chi connectivity index (χ1n) is 8.56. The van der Waals surface area contributed by atoms with Gasteiger partial charge in [0, 0.05) is 6.61 Å². The predicted molar refractivity (Wildman–Crippen MR) is 94.8 cm³/mol. The van der Waals surface area contributed by atoms with Gasteiger partial charge in [0.1, 0.15) is 18.1 Å². The van der Waals surface area contributed by atoms with E-state index in [-0.39, 0.29) is 24.9 Å². The quantitative estimate of drug-likeness (QED) is 0.567. The van der Waals surface area contributed by atoms with E-state index in [0.717, 1.165) is 6.42 Å². The van der Waals surface area contributed by atoms with Gasteiger partial charge in [-0.15, -0.1) is 0 Å². The van der Waals surface area contributed by atoms with Gasteiger partial charge in [-0.1, -0.05) is 0 Å². The number of carbonyl (C=O) groups is 1. The monoisotopic (exact) mass is 364 g/mol. The fourth-order valence-corrected chi connectivity index (χ4v) is 2.28. The van der Waals surface area contributed by atoms with Crippen LogP contribution in [0.4, 0.5) is 0 Å². The zero-order valence-electron chi connectivity index (χ0n) is 14.8. The molecule has 0 aromatic heterocycles. The number of fused-ring (bicyclic) bond motifs is 1. The molecular weight excluding hydrogens is 340 g/mol. The maximum absolute atomic E-state index is 10.2. The molecule has 2 N–H and O–H groups in total. The van der Waals surface area contributed by atoms with Gasteiger partial charge in [0.2, 0.25) is 0 Å². The molecule has 0 amide bonds. The minimum absolute atomic E-state index is 0.105. The van der Waals surface area contributed by atoms with Gasteiger partial charge in [0.15, 0.2) is 11.5 Å². The first-order valence-corrected chi connectivity index (χ1v) is 8.56. The maximum atomic E-state index is 10.2. The summed E-state index contributed by atoms with van der Waals surface area (Å²) in [6.45, 7) is 3.28. The second kappa shape index (κ2) is 10.4. The van der Waals surface area contributed by atoms with Gasteiger partial charge >= 0.3 is 5.97 Å². The van der Waals surface area contributed by atoms with E-state index in [9.17, 15) is 9.90 Å². The molecular formula is C19H24O7. The van der Waals surface area contributed by atoms with Gasteiger partial charge < -0.3 is 29.2 Å². The van der Waals surface area contributed by atoms with Gasteiger partial charge in [-0.05, 0) is 44.0 Å². The van der Waals surface area contributed by atoms with Crippen molar-refractivity contribution in [1.82, 2.24) is 0 Å². The Kier molecular flexibility index (Phi) is 7.82. The third kappa shape index (κ3) is 5.70. The fraction of sp³-hybridized carbons (Fsp3) is 0.421. The lowest BCUT2D eigenvalue weighted by atomic mass is 10.1. The molecule has 0 atom stereocenters. The van der Waals surface area contributed by atoms with Crippen LogP contribution in [0.25, 0.3) is 5.76 Å². The van der Waals surface area contributed by atoms with E-state index in [2.05, 4.69) is 4.74 Å². The summed E-state index contributed by atoms with van der Waals surface area (Å²) in [6, 6.07) is 5.31. The summed E-state index contributed by atoms with van der Waals surface area (Å²) >= 11 is 0. The van der Waals surface area contributed by atoms with Gasteiger partial charge in [-0.2, -0.15) is 0 Å². The van der Waals surface area contributed by atoms with Gasteiger partial charge in [0.25, 0.3) is 0 Å². The van der Waals surface area contributed by atoms with Gasteiger partial charge in [0.05, 0.1) is 31.5 Å². The van der Waals surface area contributed by atoms with Gasteiger partial charge in [-0.3, -0.25) is 4.79 Å². The Morgan fingerprint density at radius 1 is 1.23 bits per heavy atom. The summed E-state index contributed by atoms with van der Waals surface area (Å²) in [7, 11) is 0. The SMILES string of the molecule is CCOC1=C(O)c2cc(OCCCCO)ccc2OC1.O=C1CC=CO1. The number of benzene rings is 1. The van der Waals surface area contributed by atoms with E-state index in [1.165, 1.54) is 6.26 Å². The molecule has 0 unspecified atom stereocenters. The van der Waals surface area contributed by atoms with Crippen LogP contribution in [0.15, 0.2) is 36.3 Å². The Hall–Kier alpha value is -2.67. The number of esters is 1. The molecule has 26 heavy (non-hydrogen) atoms. The van der Waals surface area contributed by atoms with Crippen molar-refractivity contribution in [2.24, 2.45) is 0 Å². The summed E-state index contributed by atoms with van der Waals surface area (Å²) < 4.78 is 20.8. The highest BCUT2D eigenvalue weighted by Gasteiger charge is 2.21. The van der Waals surface area contributed by atoms with E-state index >= 15 is 0 Å². The predicted octanol–water partition coefficient (Wildman–Crippen LogP) is 2.94. The second-order valence-electron chi connectivity index (χ2n) is 5.50. The normalized spacial score (nSPS) is 14.8. The molecule has 0 bridgehead atoms. The largest absolute Gasteiger partial charge is 0.504 e. The minimum atomic E-state index is -0.157. The zero-order valence-corrected chi connectivity index (χ0v) is 14.8. The van der Waals surface area contributed by atoms with E-state index in [1.54, 1.807) is 24.3 Å². The molecule has 0 fully saturated rings. The van der Waals surface area contributed by atoms with Crippen LogP contribution in [0.1, 0.15) is 31.7 Å². The molecule has 0 radical (unpaired) electrons. The van der Waals surface area contributed by atoms with Crippen LogP contribution < -0.4 is 9.47 Å². The van der Waals surface area contributed by atoms with Crippen molar-refractivity contribution in [2.45, 2.75) is 26.2 Å². The lowest BCUT2D eigenvalue weighted by molar-refractivity contribution is -0.135. The zero-order chi connectivity index (χ0) is 18.8. The molecule has 7 nitrogen and oxygen atoms in total. The van der Waals surface area contributed by atoms with E-state index < -0.39 is 0 Å². The first-order chi connectivity index (χ1) is 12.7. The molecule has 142 valence electrons. The Morgan fingerprint density at radius 2 is 2.08 bits per heavy atom. The Balaban J connectivity index is 0.000000342. The Labute approximate surface area is 152 Å². The van der Waals surface area contributed by atoms with E-state index in [0.29, 0.717) is 48.9 Å². The molecule has 1 aromatic carbocycles. The number of hydrogen-bond donors (Lipinski definition) is 2. The summed E-state index contributed by atoms with van der Waals surface area (Å²) in [5.74, 6) is 1.67. The molecule has 0 saturated carbocycles. The highest BCUT2D eigenvalue weighted by molar-refractivity contribution is 5.73. The van der Waals surface area contributed by atoms with Crippen molar-refractivity contribution in [3.63, 3.8) is 0 Å². The Morgan fingerprint density at radius 3 is 2.69 bits per heavy atom. The number of cyclic esters (lactones) is 1. The number of rotatable bonds is 7. The lowest BCUT2D eigenvalue weighted by Crippen LogP contribution is -2.14. The van der Waals surface area contributed by atoms with Crippen molar-refractivity contribution in [2.75, 3.05) is 26.4 Å². The summed E-state index contributed by atoms with van der Waals surface area (Å²) in [4.78, 5) is 9.96. The van der Waals surface area contributed by atoms with Crippen LogP contribution in [0.3, 0.4) is 0 Å². The number of unbranched alkanes of at least 4 members (excludes halogenated alkanes) is 1. The molecule has 7 heteroatoms. The first kappa shape index (κ1) is 19.7. The van der Waals surface area contributed by atoms with Crippen LogP contribution in [0.5, 0.6) is 11.5 Å². The molecule has 2 aliphatic rings. The summed E-state index contributed by atoms with van der Waals surface area (Å²) in [5, 5.41) is 18.9. The number of carbonyl (C=O) groups excluding carboxylic acids is 1. The van der Waals surface area contributed by atoms with Crippen LogP contribution in [-0.4, -0.2) is 42.6 Å². The van der Waals surface area contributed by atoms with Crippen molar-refractivity contribution in [1.29, 1.82) is 0 Å². The maximum Gasteiger partial charge on any atom is 0.314 e. The molecule has 3 rings (SSSR count). The number of hydrogen-bond acceptors (Lipinski definition) is 7. The average Bonchev–Trinajstić information content (AvgIpc) is 3.13. The summed E-state index contributed by atoms with van der Waals surface area (Å²) in [6.07, 6.45) is 5.04. The smallest absolute Gasteiger partial charge is 0.314 e.